The maximum Gasteiger partial charge on any atom is 0.270 e. The summed E-state index contributed by atoms with van der Waals surface area (Å²) in [6, 6.07) is 13.2. The lowest BCUT2D eigenvalue weighted by Gasteiger charge is -2.24. The van der Waals surface area contributed by atoms with Gasteiger partial charge in [-0.3, -0.25) is 9.59 Å². The molecule has 0 aromatic heterocycles. The maximum absolute atomic E-state index is 12.7. The number of rotatable bonds is 7. The third-order valence-electron chi connectivity index (χ3n) is 5.45. The molecular formula is C24H26N2O3. The number of nitrogens with zero attached hydrogens (tertiary/aromatic N) is 1. The molecule has 0 saturated heterocycles. The van der Waals surface area contributed by atoms with E-state index in [0.717, 1.165) is 50.0 Å². The number of hydrogen-bond acceptors (Lipinski definition) is 4. The molecule has 1 aliphatic heterocycles. The third-order valence-corrected chi connectivity index (χ3v) is 5.45. The fourth-order valence-electron chi connectivity index (χ4n) is 3.79. The molecule has 0 atom stereocenters. The Morgan fingerprint density at radius 2 is 1.59 bits per heavy atom. The zero-order valence-electron chi connectivity index (χ0n) is 17.0. The predicted octanol–water partition coefficient (Wildman–Crippen LogP) is 4.77. The lowest BCUT2D eigenvalue weighted by molar-refractivity contribution is 0.556. The standard InChI is InChI=1S/C24H26N2O3/c1-3-5-13-26(14-6-4-2)16-11-12-19-20(15-16)29-24-21(25-19)17-9-7-8-10-18(17)22(27)23(24)28/h7-12,15,25H,3-6,13-14H2,1-2H3. The SMILES string of the molecule is CCCCN(CCCC)c1ccc2[nH]c3c4ccccc4c(=O)c(=O)c=3oc2c1. The summed E-state index contributed by atoms with van der Waals surface area (Å²) in [4.78, 5) is 30.8. The van der Waals surface area contributed by atoms with Crippen LogP contribution < -0.4 is 15.8 Å². The Morgan fingerprint density at radius 1 is 0.897 bits per heavy atom. The molecule has 29 heavy (non-hydrogen) atoms. The summed E-state index contributed by atoms with van der Waals surface area (Å²) < 4.78 is 6.00. The van der Waals surface area contributed by atoms with Crippen molar-refractivity contribution in [1.82, 2.24) is 4.98 Å². The van der Waals surface area contributed by atoms with Crippen LogP contribution in [0.2, 0.25) is 0 Å². The van der Waals surface area contributed by atoms with E-state index in [9.17, 15) is 9.59 Å². The van der Waals surface area contributed by atoms with Crippen LogP contribution in [0.1, 0.15) is 39.5 Å². The van der Waals surface area contributed by atoms with Crippen LogP contribution >= 0.6 is 0 Å². The summed E-state index contributed by atoms with van der Waals surface area (Å²) in [5, 5.41) is 1.69. The molecule has 0 amide bonds. The van der Waals surface area contributed by atoms with Crippen molar-refractivity contribution in [2.75, 3.05) is 18.0 Å². The number of hydrogen-bond donors (Lipinski definition) is 1. The normalized spacial score (nSPS) is 11.5. The van der Waals surface area contributed by atoms with Gasteiger partial charge in [0.25, 0.3) is 5.43 Å². The van der Waals surface area contributed by atoms with Crippen LogP contribution in [0.25, 0.3) is 21.9 Å². The van der Waals surface area contributed by atoms with Crippen LogP contribution in [0.15, 0.2) is 56.5 Å². The first-order valence-electron chi connectivity index (χ1n) is 10.4. The summed E-state index contributed by atoms with van der Waals surface area (Å²) in [6.07, 6.45) is 4.52. The summed E-state index contributed by atoms with van der Waals surface area (Å²) in [5.74, 6) is 0. The minimum atomic E-state index is -0.601. The highest BCUT2D eigenvalue weighted by molar-refractivity contribution is 5.83. The van der Waals surface area contributed by atoms with Crippen LogP contribution in [-0.4, -0.2) is 18.1 Å². The second kappa shape index (κ2) is 8.11. The first-order valence-corrected chi connectivity index (χ1v) is 10.4. The maximum atomic E-state index is 12.7. The molecule has 0 fully saturated rings. The number of nitrogens with one attached hydrogen (secondary N) is 1. The number of anilines is 1. The van der Waals surface area contributed by atoms with E-state index in [-0.39, 0.29) is 5.42 Å². The number of aromatic nitrogens is 1. The monoisotopic (exact) mass is 390 g/mol. The summed E-state index contributed by atoms with van der Waals surface area (Å²) in [7, 11) is 0. The van der Waals surface area contributed by atoms with Gasteiger partial charge in [0, 0.05) is 35.6 Å². The Hall–Kier alpha value is -3.08. The molecule has 5 heteroatoms. The highest BCUT2D eigenvalue weighted by Gasteiger charge is 2.12. The quantitative estimate of drug-likeness (QED) is 0.462. The van der Waals surface area contributed by atoms with Crippen molar-refractivity contribution < 1.29 is 4.42 Å². The van der Waals surface area contributed by atoms with E-state index in [1.54, 1.807) is 12.1 Å². The van der Waals surface area contributed by atoms with E-state index in [1.807, 2.05) is 24.3 Å². The second-order valence-electron chi connectivity index (χ2n) is 7.51. The molecule has 0 spiro atoms. The topological polar surface area (TPSA) is 66.3 Å². The summed E-state index contributed by atoms with van der Waals surface area (Å²) >= 11 is 0. The van der Waals surface area contributed by atoms with E-state index in [2.05, 4.69) is 29.8 Å². The molecule has 5 nitrogen and oxygen atoms in total. The van der Waals surface area contributed by atoms with Gasteiger partial charge >= 0.3 is 0 Å². The average Bonchev–Trinajstić information content (AvgIpc) is 2.76. The molecule has 0 saturated carbocycles. The van der Waals surface area contributed by atoms with E-state index in [4.69, 9.17) is 4.42 Å². The molecule has 0 unspecified atom stereocenters. The molecule has 2 aliphatic rings. The third kappa shape index (κ3) is 3.53. The van der Waals surface area contributed by atoms with Gasteiger partial charge in [0.1, 0.15) is 0 Å². The Morgan fingerprint density at radius 3 is 2.28 bits per heavy atom. The first kappa shape index (κ1) is 19.2. The van der Waals surface area contributed by atoms with Gasteiger partial charge in [-0.05, 0) is 25.0 Å². The van der Waals surface area contributed by atoms with Crippen LogP contribution in [0, 0.1) is 10.8 Å². The van der Waals surface area contributed by atoms with Crippen molar-refractivity contribution in [3.63, 3.8) is 0 Å². The molecular weight excluding hydrogens is 364 g/mol. The fourth-order valence-corrected chi connectivity index (χ4v) is 3.79. The Labute approximate surface area is 168 Å². The predicted molar refractivity (Wildman–Crippen MR) is 118 cm³/mol. The van der Waals surface area contributed by atoms with Gasteiger partial charge in [0.05, 0.1) is 10.9 Å². The first-order chi connectivity index (χ1) is 14.1. The van der Waals surface area contributed by atoms with Gasteiger partial charge in [0.15, 0.2) is 5.58 Å². The van der Waals surface area contributed by atoms with Gasteiger partial charge in [-0.25, -0.2) is 0 Å². The second-order valence-corrected chi connectivity index (χ2v) is 7.51. The van der Waals surface area contributed by atoms with Crippen LogP contribution in [0.4, 0.5) is 5.69 Å². The van der Waals surface area contributed by atoms with E-state index >= 15 is 0 Å². The van der Waals surface area contributed by atoms with Crippen LogP contribution in [-0.2, 0) is 0 Å². The number of aromatic amines is 1. The van der Waals surface area contributed by atoms with Gasteiger partial charge in [-0.2, -0.15) is 0 Å². The van der Waals surface area contributed by atoms with Gasteiger partial charge < -0.3 is 14.3 Å². The van der Waals surface area contributed by atoms with Crippen molar-refractivity contribution in [2.24, 2.45) is 0 Å². The highest BCUT2D eigenvalue weighted by Crippen LogP contribution is 2.23. The average molecular weight is 390 g/mol. The van der Waals surface area contributed by atoms with Crippen LogP contribution in [0.5, 0.6) is 0 Å². The van der Waals surface area contributed by atoms with E-state index < -0.39 is 10.9 Å². The molecule has 1 heterocycles. The smallest absolute Gasteiger partial charge is 0.270 e. The minimum absolute atomic E-state index is 0.0898. The summed E-state index contributed by atoms with van der Waals surface area (Å²) in [5.41, 5.74) is 1.43. The Kier molecular flexibility index (Phi) is 5.38. The van der Waals surface area contributed by atoms with Crippen molar-refractivity contribution in [3.05, 3.63) is 73.7 Å². The van der Waals surface area contributed by atoms with Gasteiger partial charge in [-0.15, -0.1) is 0 Å². The largest absolute Gasteiger partial charge is 0.449 e. The number of H-pyrrole nitrogens is 1. The van der Waals surface area contributed by atoms with Crippen molar-refractivity contribution in [2.45, 2.75) is 39.5 Å². The molecule has 0 bridgehead atoms. The highest BCUT2D eigenvalue weighted by atomic mass is 16.3. The van der Waals surface area contributed by atoms with E-state index in [0.29, 0.717) is 21.7 Å². The van der Waals surface area contributed by atoms with E-state index in [1.165, 1.54) is 0 Å². The van der Waals surface area contributed by atoms with Crippen LogP contribution in [0.3, 0.4) is 0 Å². The lowest BCUT2D eigenvalue weighted by Crippen LogP contribution is -2.26. The number of fused-ring (bicyclic) bond motifs is 3. The fraction of sp³-hybridized carbons (Fsp3) is 0.333. The lowest BCUT2D eigenvalue weighted by atomic mass is 10.1. The molecule has 2 aromatic carbocycles. The van der Waals surface area contributed by atoms with Crippen molar-refractivity contribution >= 4 is 27.6 Å². The minimum Gasteiger partial charge on any atom is -0.449 e. The molecule has 150 valence electrons. The van der Waals surface area contributed by atoms with Gasteiger partial charge in [-0.1, -0.05) is 51.0 Å². The number of unbranched alkanes of at least 4 members (excludes halogenated alkanes) is 2. The summed E-state index contributed by atoms with van der Waals surface area (Å²) in [6.45, 7) is 6.35. The molecule has 1 N–H and O–H groups in total. The van der Waals surface area contributed by atoms with Crippen molar-refractivity contribution in [1.29, 1.82) is 0 Å². The molecule has 2 aromatic rings. The molecule has 4 rings (SSSR count). The molecule has 0 radical (unpaired) electrons. The Balaban J connectivity index is 1.93. The molecule has 1 aliphatic carbocycles. The number of benzene rings is 2. The van der Waals surface area contributed by atoms with Gasteiger partial charge in [0.2, 0.25) is 10.8 Å². The zero-order chi connectivity index (χ0) is 20.4. The Bertz CT molecular complexity index is 1330. The van der Waals surface area contributed by atoms with Crippen molar-refractivity contribution in [3.8, 4) is 0 Å². The zero-order valence-corrected chi connectivity index (χ0v) is 17.0.